The van der Waals surface area contributed by atoms with E-state index in [4.69, 9.17) is 14.5 Å². The molecule has 2 heterocycles. The van der Waals surface area contributed by atoms with E-state index in [-0.39, 0.29) is 5.41 Å². The summed E-state index contributed by atoms with van der Waals surface area (Å²) in [7, 11) is 0. The number of amides is 1. The molecule has 0 aliphatic carbocycles. The fourth-order valence-corrected chi connectivity index (χ4v) is 3.15. The highest BCUT2D eigenvalue weighted by molar-refractivity contribution is 5.71. The molecule has 152 valence electrons. The van der Waals surface area contributed by atoms with Crippen molar-refractivity contribution in [1.82, 2.24) is 10.3 Å². The number of carbonyl (C=O) groups is 1. The van der Waals surface area contributed by atoms with Crippen molar-refractivity contribution >= 4 is 11.9 Å². The van der Waals surface area contributed by atoms with Crippen LogP contribution in [0.3, 0.4) is 0 Å². The van der Waals surface area contributed by atoms with Crippen LogP contribution in [0.1, 0.15) is 58.2 Å². The number of ether oxygens (including phenoxy) is 2. The zero-order chi connectivity index (χ0) is 19.9. The monoisotopic (exact) mass is 377 g/mol. The molecule has 0 saturated carbocycles. The molecule has 1 aromatic heterocycles. The molecule has 27 heavy (non-hydrogen) atoms. The first-order valence-electron chi connectivity index (χ1n) is 10.1. The van der Waals surface area contributed by atoms with Crippen LogP contribution in [-0.2, 0) is 11.2 Å². The summed E-state index contributed by atoms with van der Waals surface area (Å²) in [5, 5.41) is 2.86. The van der Waals surface area contributed by atoms with E-state index in [0.29, 0.717) is 12.3 Å². The highest BCUT2D eigenvalue weighted by atomic mass is 16.6. The van der Waals surface area contributed by atoms with Gasteiger partial charge in [0.1, 0.15) is 5.82 Å². The first-order chi connectivity index (χ1) is 12.8. The summed E-state index contributed by atoms with van der Waals surface area (Å²) >= 11 is 0. The first kappa shape index (κ1) is 21.5. The molecular weight excluding hydrogens is 342 g/mol. The lowest BCUT2D eigenvalue weighted by Gasteiger charge is -2.29. The average Bonchev–Trinajstić information content (AvgIpc) is 2.61. The normalized spacial score (nSPS) is 14.9. The number of anilines is 1. The van der Waals surface area contributed by atoms with Crippen molar-refractivity contribution in [2.24, 2.45) is 5.41 Å². The smallest absolute Gasteiger partial charge is 0.408 e. The Morgan fingerprint density at radius 2 is 2.04 bits per heavy atom. The predicted molar refractivity (Wildman–Crippen MR) is 109 cm³/mol. The van der Waals surface area contributed by atoms with E-state index in [1.54, 1.807) is 0 Å². The van der Waals surface area contributed by atoms with Crippen molar-refractivity contribution in [2.45, 2.75) is 60.3 Å². The maximum Gasteiger partial charge on any atom is 0.412 e. The Morgan fingerprint density at radius 3 is 2.67 bits per heavy atom. The van der Waals surface area contributed by atoms with Crippen LogP contribution in [-0.4, -0.2) is 43.9 Å². The van der Waals surface area contributed by atoms with Crippen molar-refractivity contribution in [3.63, 3.8) is 0 Å². The number of nitrogens with zero attached hydrogens (tertiary/aromatic N) is 2. The third-order valence-corrected chi connectivity index (χ3v) is 4.60. The van der Waals surface area contributed by atoms with Gasteiger partial charge in [0.25, 0.3) is 0 Å². The molecule has 0 atom stereocenters. The number of rotatable bonds is 7. The quantitative estimate of drug-likeness (QED) is 0.725. The van der Waals surface area contributed by atoms with Crippen molar-refractivity contribution in [1.29, 1.82) is 0 Å². The summed E-state index contributed by atoms with van der Waals surface area (Å²) in [6.07, 6.45) is 3.33. The third-order valence-electron chi connectivity index (χ3n) is 4.60. The van der Waals surface area contributed by atoms with Crippen LogP contribution in [0.25, 0.3) is 0 Å². The van der Waals surface area contributed by atoms with Crippen molar-refractivity contribution in [3.8, 4) is 5.75 Å². The van der Waals surface area contributed by atoms with Gasteiger partial charge in [0.15, 0.2) is 5.75 Å². The molecule has 2 rings (SSSR count). The van der Waals surface area contributed by atoms with Crippen LogP contribution in [0.2, 0.25) is 0 Å². The van der Waals surface area contributed by atoms with Gasteiger partial charge >= 0.3 is 6.09 Å². The van der Waals surface area contributed by atoms with Crippen molar-refractivity contribution in [3.05, 3.63) is 17.3 Å². The lowest BCUT2D eigenvalue weighted by molar-refractivity contribution is 0.122. The van der Waals surface area contributed by atoms with E-state index < -0.39 is 6.09 Å². The minimum absolute atomic E-state index is 0.274. The molecule has 0 unspecified atom stereocenters. The highest BCUT2D eigenvalue weighted by Crippen LogP contribution is 2.28. The highest BCUT2D eigenvalue weighted by Gasteiger charge is 2.19. The standard InChI is InChI=1S/C21H35N3O3/c1-6-8-17-19(27-20(25)22-10-7-9-21(3,4)5)16(2)15-18(23-17)24-11-13-26-14-12-24/h15H,6-14H2,1-5H3,(H,22,25). The number of aryl methyl sites for hydroxylation is 2. The van der Waals surface area contributed by atoms with Crippen LogP contribution in [0.15, 0.2) is 6.07 Å². The van der Waals surface area contributed by atoms with E-state index >= 15 is 0 Å². The minimum Gasteiger partial charge on any atom is -0.408 e. The Morgan fingerprint density at radius 1 is 1.33 bits per heavy atom. The zero-order valence-corrected chi connectivity index (χ0v) is 17.6. The van der Waals surface area contributed by atoms with Gasteiger partial charge in [-0.05, 0) is 43.2 Å². The maximum absolute atomic E-state index is 12.2. The Labute approximate surface area is 163 Å². The van der Waals surface area contributed by atoms with Gasteiger partial charge in [0, 0.05) is 19.6 Å². The number of hydrogen-bond donors (Lipinski definition) is 1. The molecule has 0 bridgehead atoms. The van der Waals surface area contributed by atoms with Gasteiger partial charge < -0.3 is 19.7 Å². The Bertz CT molecular complexity index is 620. The lowest BCUT2D eigenvalue weighted by atomic mass is 9.91. The van der Waals surface area contributed by atoms with Crippen LogP contribution >= 0.6 is 0 Å². The van der Waals surface area contributed by atoms with Crippen LogP contribution < -0.4 is 15.0 Å². The molecule has 0 aromatic carbocycles. The van der Waals surface area contributed by atoms with Crippen LogP contribution in [0.5, 0.6) is 5.75 Å². The number of hydrogen-bond acceptors (Lipinski definition) is 5. The largest absolute Gasteiger partial charge is 0.412 e. The van der Waals surface area contributed by atoms with Crippen LogP contribution in [0, 0.1) is 12.3 Å². The predicted octanol–water partition coefficient (Wildman–Crippen LogP) is 4.09. The lowest BCUT2D eigenvalue weighted by Crippen LogP contribution is -2.37. The summed E-state index contributed by atoms with van der Waals surface area (Å²) in [5.74, 6) is 1.54. The van der Waals surface area contributed by atoms with E-state index in [9.17, 15) is 4.79 Å². The van der Waals surface area contributed by atoms with Gasteiger partial charge in [-0.2, -0.15) is 0 Å². The molecule has 1 saturated heterocycles. The van der Waals surface area contributed by atoms with Crippen molar-refractivity contribution < 1.29 is 14.3 Å². The molecule has 1 fully saturated rings. The van der Waals surface area contributed by atoms with E-state index in [2.05, 4.69) is 37.9 Å². The van der Waals surface area contributed by atoms with E-state index in [1.165, 1.54) is 0 Å². The number of nitrogens with one attached hydrogen (secondary N) is 1. The summed E-state index contributed by atoms with van der Waals surface area (Å²) in [5.41, 5.74) is 2.07. The molecule has 0 radical (unpaired) electrons. The Kier molecular flexibility index (Phi) is 7.90. The molecule has 1 aliphatic rings. The second-order valence-electron chi connectivity index (χ2n) is 8.40. The SMILES string of the molecule is CCCc1nc(N2CCOCC2)cc(C)c1OC(=O)NCCCC(C)(C)C. The zero-order valence-electron chi connectivity index (χ0n) is 17.6. The van der Waals surface area contributed by atoms with Crippen molar-refractivity contribution in [2.75, 3.05) is 37.7 Å². The van der Waals surface area contributed by atoms with Gasteiger partial charge in [0.05, 0.1) is 18.9 Å². The second-order valence-corrected chi connectivity index (χ2v) is 8.40. The average molecular weight is 378 g/mol. The topological polar surface area (TPSA) is 63.7 Å². The van der Waals surface area contributed by atoms with E-state index in [1.807, 2.05) is 13.0 Å². The van der Waals surface area contributed by atoms with Gasteiger partial charge in [-0.15, -0.1) is 0 Å². The summed E-state index contributed by atoms with van der Waals surface area (Å²) in [6, 6.07) is 2.01. The molecular formula is C21H35N3O3. The molecule has 6 heteroatoms. The summed E-state index contributed by atoms with van der Waals surface area (Å²) in [4.78, 5) is 19.3. The van der Waals surface area contributed by atoms with Gasteiger partial charge in [-0.3, -0.25) is 0 Å². The molecule has 1 aromatic rings. The minimum atomic E-state index is -0.398. The molecule has 1 amide bonds. The molecule has 0 spiro atoms. The molecule has 1 N–H and O–H groups in total. The van der Waals surface area contributed by atoms with Gasteiger partial charge in [-0.25, -0.2) is 9.78 Å². The van der Waals surface area contributed by atoms with Gasteiger partial charge in [0.2, 0.25) is 0 Å². The Balaban J connectivity index is 2.02. The molecule has 1 aliphatic heterocycles. The fraction of sp³-hybridized carbons (Fsp3) is 0.714. The fourth-order valence-electron chi connectivity index (χ4n) is 3.15. The molecule has 6 nitrogen and oxygen atoms in total. The van der Waals surface area contributed by atoms with Crippen LogP contribution in [0.4, 0.5) is 10.6 Å². The summed E-state index contributed by atoms with van der Waals surface area (Å²) in [6.45, 7) is 14.4. The number of aromatic nitrogens is 1. The first-order valence-corrected chi connectivity index (χ1v) is 10.1. The summed E-state index contributed by atoms with van der Waals surface area (Å²) < 4.78 is 11.1. The second kappa shape index (κ2) is 9.93. The van der Waals surface area contributed by atoms with E-state index in [0.717, 1.165) is 69.1 Å². The Hall–Kier alpha value is -1.82. The third kappa shape index (κ3) is 7.01. The van der Waals surface area contributed by atoms with Gasteiger partial charge in [-0.1, -0.05) is 34.1 Å². The number of carbonyl (C=O) groups excluding carboxylic acids is 1. The number of pyridine rings is 1. The maximum atomic E-state index is 12.2. The number of morpholine rings is 1.